The summed E-state index contributed by atoms with van der Waals surface area (Å²) in [6, 6.07) is 17.2. The van der Waals surface area contributed by atoms with Crippen LogP contribution >= 0.6 is 0 Å². The van der Waals surface area contributed by atoms with Crippen molar-refractivity contribution in [3.63, 3.8) is 0 Å². The minimum Gasteiger partial charge on any atom is -0.497 e. The third kappa shape index (κ3) is 3.66. The summed E-state index contributed by atoms with van der Waals surface area (Å²) in [5.74, 6) is 1.77. The van der Waals surface area contributed by atoms with Crippen molar-refractivity contribution < 1.29 is 9.47 Å². The molecule has 2 aromatic rings. The minimum absolute atomic E-state index is 0.180. The molecule has 4 nitrogen and oxygen atoms in total. The Kier molecular flexibility index (Phi) is 4.84. The molecule has 1 aliphatic rings. The fourth-order valence-electron chi connectivity index (χ4n) is 3.08. The molecule has 2 atom stereocenters. The summed E-state index contributed by atoms with van der Waals surface area (Å²) in [5.41, 5.74) is 8.92. The average molecular weight is 312 g/mol. The Morgan fingerprint density at radius 3 is 1.48 bits per heavy atom. The van der Waals surface area contributed by atoms with Gasteiger partial charge in [-0.1, -0.05) is 24.3 Å². The zero-order valence-electron chi connectivity index (χ0n) is 13.7. The van der Waals surface area contributed by atoms with Gasteiger partial charge in [-0.15, -0.1) is 0 Å². The zero-order chi connectivity index (χ0) is 16.2. The Morgan fingerprint density at radius 2 is 1.17 bits per heavy atom. The molecule has 3 rings (SSSR count). The smallest absolute Gasteiger partial charge is 0.118 e. The Hall–Kier alpha value is -2.04. The molecule has 2 aromatic carbocycles. The number of ether oxygens (including phenoxy) is 2. The van der Waals surface area contributed by atoms with E-state index in [9.17, 15) is 0 Å². The van der Waals surface area contributed by atoms with Crippen LogP contribution in [0.15, 0.2) is 48.5 Å². The fraction of sp³-hybridized carbons (Fsp3) is 0.368. The van der Waals surface area contributed by atoms with E-state index in [4.69, 9.17) is 15.2 Å². The van der Waals surface area contributed by atoms with Gasteiger partial charge in [-0.3, -0.25) is 0 Å². The van der Waals surface area contributed by atoms with Crippen molar-refractivity contribution in [1.29, 1.82) is 0 Å². The third-order valence-electron chi connectivity index (χ3n) is 4.59. The van der Waals surface area contributed by atoms with Gasteiger partial charge in [0.15, 0.2) is 0 Å². The van der Waals surface area contributed by atoms with Crippen LogP contribution in [0.4, 0.5) is 0 Å². The van der Waals surface area contributed by atoms with Crippen molar-refractivity contribution in [3.8, 4) is 11.5 Å². The lowest BCUT2D eigenvalue weighted by atomic mass is 9.83. The molecule has 0 amide bonds. The molecule has 1 heterocycles. The number of nitrogens with two attached hydrogens (primary N) is 1. The lowest BCUT2D eigenvalue weighted by Crippen LogP contribution is -2.70. The number of nitrogens with one attached hydrogen (secondary N) is 1. The Bertz CT molecular complexity index is 569. The Labute approximate surface area is 137 Å². The molecule has 1 saturated heterocycles. The first-order valence-corrected chi connectivity index (χ1v) is 7.97. The molecule has 1 aliphatic heterocycles. The van der Waals surface area contributed by atoms with E-state index in [1.54, 1.807) is 14.2 Å². The number of rotatable bonds is 6. The van der Waals surface area contributed by atoms with Crippen molar-refractivity contribution >= 4 is 0 Å². The highest BCUT2D eigenvalue weighted by Crippen LogP contribution is 2.22. The van der Waals surface area contributed by atoms with Crippen LogP contribution in [0.5, 0.6) is 11.5 Å². The van der Waals surface area contributed by atoms with Crippen molar-refractivity contribution in [3.05, 3.63) is 59.7 Å². The Balaban J connectivity index is 1.51. The molecule has 2 unspecified atom stereocenters. The summed E-state index contributed by atoms with van der Waals surface area (Å²) in [6.07, 6.45) is 1.90. The monoisotopic (exact) mass is 312 g/mol. The second-order valence-corrected chi connectivity index (χ2v) is 6.06. The van der Waals surface area contributed by atoms with Crippen molar-refractivity contribution in [1.82, 2.24) is 5.32 Å². The van der Waals surface area contributed by atoms with Gasteiger partial charge in [-0.25, -0.2) is 0 Å². The minimum atomic E-state index is 0.180. The molecule has 1 fully saturated rings. The number of methoxy groups -OCH3 is 2. The highest BCUT2D eigenvalue weighted by Gasteiger charge is 2.37. The average Bonchev–Trinajstić information content (AvgIpc) is 2.61. The van der Waals surface area contributed by atoms with Gasteiger partial charge in [0, 0.05) is 18.1 Å². The van der Waals surface area contributed by atoms with E-state index < -0.39 is 0 Å². The van der Waals surface area contributed by atoms with Crippen LogP contribution in [0.1, 0.15) is 11.1 Å². The van der Waals surface area contributed by atoms with Crippen LogP contribution in [0.2, 0.25) is 0 Å². The van der Waals surface area contributed by atoms with Crippen LogP contribution in [-0.4, -0.2) is 32.3 Å². The highest BCUT2D eigenvalue weighted by atomic mass is 16.5. The van der Waals surface area contributed by atoms with E-state index >= 15 is 0 Å². The van der Waals surface area contributed by atoms with Crippen molar-refractivity contribution in [2.45, 2.75) is 31.0 Å². The first-order valence-electron chi connectivity index (χ1n) is 7.97. The number of hydrogen-bond donors (Lipinski definition) is 2. The number of hydrogen-bond acceptors (Lipinski definition) is 4. The van der Waals surface area contributed by atoms with Crippen LogP contribution in [0, 0.1) is 0 Å². The standard InChI is InChI=1S/C19H24N2O2/c1-22-15-7-3-13(4-8-15)11-17-19(20)18(21-17)12-14-5-9-16(23-2)10-6-14/h3-10,17-19,21H,11-12,20H2,1-2H3. The summed E-state index contributed by atoms with van der Waals surface area (Å²) in [5, 5.41) is 3.60. The van der Waals surface area contributed by atoms with Crippen LogP contribution in [-0.2, 0) is 12.8 Å². The summed E-state index contributed by atoms with van der Waals surface area (Å²) in [7, 11) is 3.37. The molecule has 0 aliphatic carbocycles. The molecule has 0 bridgehead atoms. The van der Waals surface area contributed by atoms with Crippen LogP contribution in [0.25, 0.3) is 0 Å². The summed E-state index contributed by atoms with van der Waals surface area (Å²) in [6.45, 7) is 0. The molecule has 23 heavy (non-hydrogen) atoms. The largest absolute Gasteiger partial charge is 0.497 e. The summed E-state index contributed by atoms with van der Waals surface area (Å²) in [4.78, 5) is 0. The van der Waals surface area contributed by atoms with Crippen molar-refractivity contribution in [2.24, 2.45) is 5.73 Å². The molecule has 0 spiro atoms. The molecule has 122 valence electrons. The molecule has 0 radical (unpaired) electrons. The molecular formula is C19H24N2O2. The van der Waals surface area contributed by atoms with Gasteiger partial charge in [-0.05, 0) is 48.2 Å². The van der Waals surface area contributed by atoms with Gasteiger partial charge in [0.05, 0.1) is 14.2 Å². The maximum atomic E-state index is 6.36. The topological polar surface area (TPSA) is 56.5 Å². The van der Waals surface area contributed by atoms with Gasteiger partial charge in [0.1, 0.15) is 11.5 Å². The third-order valence-corrected chi connectivity index (χ3v) is 4.59. The lowest BCUT2D eigenvalue weighted by molar-refractivity contribution is 0.211. The first-order chi connectivity index (χ1) is 11.2. The molecule has 3 N–H and O–H groups in total. The van der Waals surface area contributed by atoms with E-state index in [0.29, 0.717) is 12.1 Å². The van der Waals surface area contributed by atoms with E-state index in [0.717, 1.165) is 24.3 Å². The lowest BCUT2D eigenvalue weighted by Gasteiger charge is -2.44. The van der Waals surface area contributed by atoms with Crippen molar-refractivity contribution in [2.75, 3.05) is 14.2 Å². The first kappa shape index (κ1) is 15.8. The quantitative estimate of drug-likeness (QED) is 0.858. The fourth-order valence-corrected chi connectivity index (χ4v) is 3.08. The summed E-state index contributed by atoms with van der Waals surface area (Å²) < 4.78 is 10.4. The molecule has 4 heteroatoms. The van der Waals surface area contributed by atoms with E-state index in [2.05, 4.69) is 29.6 Å². The van der Waals surface area contributed by atoms with E-state index in [1.165, 1.54) is 11.1 Å². The van der Waals surface area contributed by atoms with Crippen LogP contribution in [0.3, 0.4) is 0 Å². The second kappa shape index (κ2) is 7.02. The highest BCUT2D eigenvalue weighted by molar-refractivity contribution is 5.30. The van der Waals surface area contributed by atoms with Gasteiger partial charge >= 0.3 is 0 Å². The Morgan fingerprint density at radius 1 is 0.783 bits per heavy atom. The second-order valence-electron chi connectivity index (χ2n) is 6.06. The molecular weight excluding hydrogens is 288 g/mol. The van der Waals surface area contributed by atoms with Gasteiger partial charge < -0.3 is 20.5 Å². The van der Waals surface area contributed by atoms with E-state index in [1.807, 2.05) is 24.3 Å². The number of benzene rings is 2. The zero-order valence-corrected chi connectivity index (χ0v) is 13.7. The van der Waals surface area contributed by atoms with Gasteiger partial charge in [-0.2, -0.15) is 0 Å². The van der Waals surface area contributed by atoms with Gasteiger partial charge in [0.2, 0.25) is 0 Å². The predicted molar refractivity (Wildman–Crippen MR) is 92.1 cm³/mol. The summed E-state index contributed by atoms with van der Waals surface area (Å²) >= 11 is 0. The van der Waals surface area contributed by atoms with Gasteiger partial charge in [0.25, 0.3) is 0 Å². The maximum absolute atomic E-state index is 6.36. The van der Waals surface area contributed by atoms with Crippen LogP contribution < -0.4 is 20.5 Å². The molecule has 0 saturated carbocycles. The SMILES string of the molecule is COc1ccc(CC2NC(Cc3ccc(OC)cc3)C2N)cc1. The maximum Gasteiger partial charge on any atom is 0.118 e. The molecule has 0 aromatic heterocycles. The normalized spacial score (nSPS) is 23.2. The predicted octanol–water partition coefficient (Wildman–Crippen LogP) is 2.16. The van der Waals surface area contributed by atoms with E-state index in [-0.39, 0.29) is 6.04 Å².